The molecule has 0 aliphatic rings. The number of aryl methyl sites for hydroxylation is 1. The Hall–Kier alpha value is -1.08. The Balaban J connectivity index is 2.86. The molecule has 0 aliphatic carbocycles. The van der Waals surface area contributed by atoms with Gasteiger partial charge in [0.05, 0.1) is 6.10 Å². The van der Waals surface area contributed by atoms with E-state index in [0.717, 1.165) is 11.1 Å². The minimum absolute atomic E-state index is 0.399. The number of aliphatic hydroxyl groups is 1. The number of rotatable bonds is 3. The number of hydrogen-bond acceptors (Lipinski definition) is 1. The number of benzene rings is 1. The van der Waals surface area contributed by atoms with Crippen molar-refractivity contribution in [3.63, 3.8) is 0 Å². The van der Waals surface area contributed by atoms with Gasteiger partial charge in [-0.1, -0.05) is 30.3 Å². The quantitative estimate of drug-likeness (QED) is 0.677. The van der Waals surface area contributed by atoms with Crippen molar-refractivity contribution in [2.45, 2.75) is 19.4 Å². The van der Waals surface area contributed by atoms with Crippen LogP contribution in [-0.4, -0.2) is 5.11 Å². The molecule has 0 amide bonds. The monoisotopic (exact) mass is 162 g/mol. The van der Waals surface area contributed by atoms with Crippen LogP contribution in [-0.2, 0) is 0 Å². The summed E-state index contributed by atoms with van der Waals surface area (Å²) in [5.41, 5.74) is 2.13. The van der Waals surface area contributed by atoms with Crippen LogP contribution in [0.15, 0.2) is 36.9 Å². The third kappa shape index (κ3) is 1.95. The minimum Gasteiger partial charge on any atom is -0.388 e. The summed E-state index contributed by atoms with van der Waals surface area (Å²) >= 11 is 0. The summed E-state index contributed by atoms with van der Waals surface area (Å²) in [6.07, 6.45) is 1.95. The zero-order chi connectivity index (χ0) is 8.97. The van der Waals surface area contributed by atoms with Crippen molar-refractivity contribution >= 4 is 0 Å². The van der Waals surface area contributed by atoms with Crippen LogP contribution >= 0.6 is 0 Å². The maximum atomic E-state index is 9.63. The second kappa shape index (κ2) is 4.07. The first-order chi connectivity index (χ1) is 5.75. The number of hydrogen-bond donors (Lipinski definition) is 1. The van der Waals surface area contributed by atoms with Crippen LogP contribution in [0.25, 0.3) is 0 Å². The normalized spacial score (nSPS) is 12.5. The van der Waals surface area contributed by atoms with Gasteiger partial charge in [0.25, 0.3) is 0 Å². The van der Waals surface area contributed by atoms with Crippen LogP contribution in [0, 0.1) is 6.92 Å². The summed E-state index contributed by atoms with van der Waals surface area (Å²) < 4.78 is 0. The van der Waals surface area contributed by atoms with E-state index in [1.807, 2.05) is 31.2 Å². The summed E-state index contributed by atoms with van der Waals surface area (Å²) in [4.78, 5) is 0. The highest BCUT2D eigenvalue weighted by Gasteiger charge is 2.06. The highest BCUT2D eigenvalue weighted by atomic mass is 16.3. The lowest BCUT2D eigenvalue weighted by Gasteiger charge is -2.10. The zero-order valence-electron chi connectivity index (χ0n) is 7.33. The molecule has 1 rings (SSSR count). The standard InChI is InChI=1S/C11H14O/c1-3-6-11(12)10-8-5-4-7-9(10)2/h3-5,7-8,11-12H,1,6H2,2H3. The van der Waals surface area contributed by atoms with Crippen molar-refractivity contribution in [1.29, 1.82) is 0 Å². The van der Waals surface area contributed by atoms with E-state index in [2.05, 4.69) is 6.58 Å². The van der Waals surface area contributed by atoms with Crippen molar-refractivity contribution in [3.8, 4) is 0 Å². The number of aliphatic hydroxyl groups excluding tert-OH is 1. The molecule has 1 heteroatoms. The molecule has 1 N–H and O–H groups in total. The molecule has 1 unspecified atom stereocenters. The van der Waals surface area contributed by atoms with Gasteiger partial charge in [0.2, 0.25) is 0 Å². The maximum absolute atomic E-state index is 9.63. The Bertz CT molecular complexity index is 265. The van der Waals surface area contributed by atoms with E-state index in [4.69, 9.17) is 0 Å². The summed E-state index contributed by atoms with van der Waals surface area (Å²) in [6.45, 7) is 5.60. The predicted octanol–water partition coefficient (Wildman–Crippen LogP) is 2.60. The summed E-state index contributed by atoms with van der Waals surface area (Å²) in [7, 11) is 0. The summed E-state index contributed by atoms with van der Waals surface area (Å²) in [6, 6.07) is 7.86. The molecule has 0 saturated carbocycles. The lowest BCUT2D eigenvalue weighted by Crippen LogP contribution is -1.97. The molecule has 1 atom stereocenters. The van der Waals surface area contributed by atoms with Crippen LogP contribution in [0.2, 0.25) is 0 Å². The second-order valence-corrected chi connectivity index (χ2v) is 2.90. The third-order valence-electron chi connectivity index (χ3n) is 1.94. The Morgan fingerprint density at radius 3 is 2.75 bits per heavy atom. The molecule has 0 spiro atoms. The average molecular weight is 162 g/mol. The van der Waals surface area contributed by atoms with E-state index >= 15 is 0 Å². The summed E-state index contributed by atoms with van der Waals surface area (Å²) in [5, 5.41) is 9.63. The zero-order valence-corrected chi connectivity index (χ0v) is 7.33. The molecule has 0 aliphatic heterocycles. The van der Waals surface area contributed by atoms with Gasteiger partial charge in [-0.15, -0.1) is 6.58 Å². The molecule has 0 fully saturated rings. The topological polar surface area (TPSA) is 20.2 Å². The van der Waals surface area contributed by atoms with Gasteiger partial charge >= 0.3 is 0 Å². The first-order valence-corrected chi connectivity index (χ1v) is 4.10. The SMILES string of the molecule is C=CCC(O)c1ccccc1C. The lowest BCUT2D eigenvalue weighted by atomic mass is 10.0. The van der Waals surface area contributed by atoms with E-state index in [0.29, 0.717) is 6.42 Å². The van der Waals surface area contributed by atoms with E-state index in [-0.39, 0.29) is 0 Å². The Kier molecular flexibility index (Phi) is 3.06. The Morgan fingerprint density at radius 1 is 1.50 bits per heavy atom. The van der Waals surface area contributed by atoms with Crippen molar-refractivity contribution in [2.75, 3.05) is 0 Å². The second-order valence-electron chi connectivity index (χ2n) is 2.90. The highest BCUT2D eigenvalue weighted by molar-refractivity contribution is 5.27. The van der Waals surface area contributed by atoms with Crippen LogP contribution in [0.3, 0.4) is 0 Å². The molecular formula is C11H14O. The van der Waals surface area contributed by atoms with Gasteiger partial charge in [-0.2, -0.15) is 0 Å². The molecule has 0 radical (unpaired) electrons. The molecule has 1 aromatic carbocycles. The Morgan fingerprint density at radius 2 is 2.17 bits per heavy atom. The van der Waals surface area contributed by atoms with Crippen LogP contribution in [0.4, 0.5) is 0 Å². The molecule has 1 aromatic rings. The van der Waals surface area contributed by atoms with Gasteiger partial charge in [0.15, 0.2) is 0 Å². The van der Waals surface area contributed by atoms with Gasteiger partial charge in [0.1, 0.15) is 0 Å². The molecular weight excluding hydrogens is 148 g/mol. The minimum atomic E-state index is -0.399. The van der Waals surface area contributed by atoms with Crippen molar-refractivity contribution < 1.29 is 5.11 Å². The fraction of sp³-hybridized carbons (Fsp3) is 0.273. The molecule has 0 bridgehead atoms. The van der Waals surface area contributed by atoms with E-state index in [9.17, 15) is 5.11 Å². The molecule has 12 heavy (non-hydrogen) atoms. The van der Waals surface area contributed by atoms with Crippen LogP contribution in [0.1, 0.15) is 23.7 Å². The van der Waals surface area contributed by atoms with Crippen molar-refractivity contribution in [2.24, 2.45) is 0 Å². The first-order valence-electron chi connectivity index (χ1n) is 4.10. The van der Waals surface area contributed by atoms with Gasteiger partial charge in [0, 0.05) is 0 Å². The molecule has 0 heterocycles. The Labute approximate surface area is 73.4 Å². The highest BCUT2D eigenvalue weighted by Crippen LogP contribution is 2.19. The first kappa shape index (κ1) is 9.01. The average Bonchev–Trinajstić information content (AvgIpc) is 2.05. The van der Waals surface area contributed by atoms with Crippen LogP contribution < -0.4 is 0 Å². The lowest BCUT2D eigenvalue weighted by molar-refractivity contribution is 0.181. The molecule has 0 aromatic heterocycles. The largest absolute Gasteiger partial charge is 0.388 e. The molecule has 64 valence electrons. The fourth-order valence-corrected chi connectivity index (χ4v) is 1.25. The van der Waals surface area contributed by atoms with Crippen LogP contribution in [0.5, 0.6) is 0 Å². The van der Waals surface area contributed by atoms with E-state index < -0.39 is 6.10 Å². The molecule has 0 saturated heterocycles. The van der Waals surface area contributed by atoms with Gasteiger partial charge in [-0.25, -0.2) is 0 Å². The fourth-order valence-electron chi connectivity index (χ4n) is 1.25. The van der Waals surface area contributed by atoms with Crippen molar-refractivity contribution in [1.82, 2.24) is 0 Å². The smallest absolute Gasteiger partial charge is 0.0826 e. The summed E-state index contributed by atoms with van der Waals surface area (Å²) in [5.74, 6) is 0. The van der Waals surface area contributed by atoms with E-state index in [1.165, 1.54) is 0 Å². The van der Waals surface area contributed by atoms with Gasteiger partial charge in [-0.05, 0) is 24.5 Å². The van der Waals surface area contributed by atoms with Gasteiger partial charge in [-0.3, -0.25) is 0 Å². The molecule has 1 nitrogen and oxygen atoms in total. The predicted molar refractivity (Wildman–Crippen MR) is 51.0 cm³/mol. The van der Waals surface area contributed by atoms with Crippen molar-refractivity contribution in [3.05, 3.63) is 48.0 Å². The van der Waals surface area contributed by atoms with E-state index in [1.54, 1.807) is 6.08 Å². The third-order valence-corrected chi connectivity index (χ3v) is 1.94. The van der Waals surface area contributed by atoms with Gasteiger partial charge < -0.3 is 5.11 Å². The maximum Gasteiger partial charge on any atom is 0.0826 e.